The Morgan fingerprint density at radius 3 is 2.45 bits per heavy atom. The number of nitrogens with zero attached hydrogens (tertiary/aromatic N) is 2. The monoisotopic (exact) mass is 289 g/mol. The van der Waals surface area contributed by atoms with Gasteiger partial charge in [0.25, 0.3) is 0 Å². The fraction of sp³-hybridized carbons (Fsp3) is 0.158. The number of nitrogens with one attached hydrogen (secondary N) is 1. The van der Waals surface area contributed by atoms with Crippen LogP contribution in [0.5, 0.6) is 0 Å². The van der Waals surface area contributed by atoms with E-state index in [-0.39, 0.29) is 0 Å². The first-order valence-corrected chi connectivity index (χ1v) is 7.51. The Labute approximate surface area is 131 Å². The lowest BCUT2D eigenvalue weighted by Gasteiger charge is -2.11. The normalized spacial score (nSPS) is 10.5. The van der Waals surface area contributed by atoms with Crippen LogP contribution in [0.1, 0.15) is 18.2 Å². The van der Waals surface area contributed by atoms with Crippen molar-refractivity contribution in [3.05, 3.63) is 72.1 Å². The van der Waals surface area contributed by atoms with Crippen LogP contribution in [0.4, 0.5) is 11.5 Å². The van der Waals surface area contributed by atoms with E-state index in [1.165, 1.54) is 5.56 Å². The van der Waals surface area contributed by atoms with E-state index in [1.54, 1.807) is 6.20 Å². The molecule has 0 aliphatic carbocycles. The summed E-state index contributed by atoms with van der Waals surface area (Å²) in [6, 6.07) is 18.4. The molecule has 0 unspecified atom stereocenters. The summed E-state index contributed by atoms with van der Waals surface area (Å²) in [5.41, 5.74) is 5.46. The summed E-state index contributed by atoms with van der Waals surface area (Å²) in [7, 11) is 0. The van der Waals surface area contributed by atoms with Gasteiger partial charge in [0.2, 0.25) is 0 Å². The molecule has 0 amide bonds. The molecule has 3 rings (SSSR count). The molecule has 1 aromatic carbocycles. The molecule has 2 aromatic heterocycles. The smallest absolute Gasteiger partial charge is 0.130 e. The topological polar surface area (TPSA) is 37.8 Å². The van der Waals surface area contributed by atoms with Crippen LogP contribution in [0.2, 0.25) is 0 Å². The summed E-state index contributed by atoms with van der Waals surface area (Å²) in [5.74, 6) is 0.835. The van der Waals surface area contributed by atoms with Crippen molar-refractivity contribution in [3.8, 4) is 11.3 Å². The van der Waals surface area contributed by atoms with Crippen LogP contribution in [0.3, 0.4) is 0 Å². The molecule has 3 aromatic rings. The van der Waals surface area contributed by atoms with Gasteiger partial charge in [0.15, 0.2) is 0 Å². The van der Waals surface area contributed by atoms with E-state index in [2.05, 4.69) is 60.5 Å². The van der Waals surface area contributed by atoms with Gasteiger partial charge >= 0.3 is 0 Å². The molecular formula is C19H19N3. The maximum absolute atomic E-state index is 4.80. The third kappa shape index (κ3) is 3.14. The molecule has 1 N–H and O–H groups in total. The minimum atomic E-state index is 0.835. The molecule has 3 nitrogen and oxygen atoms in total. The Balaban J connectivity index is 1.92. The van der Waals surface area contributed by atoms with E-state index in [9.17, 15) is 0 Å². The molecule has 22 heavy (non-hydrogen) atoms. The lowest BCUT2D eigenvalue weighted by Crippen LogP contribution is -2.00. The number of hydrogen-bond donors (Lipinski definition) is 1. The van der Waals surface area contributed by atoms with Crippen molar-refractivity contribution in [1.82, 2.24) is 9.97 Å². The SMILES string of the molecule is CCc1nc(-c2ccc(C)cc2)ccc1Nc1ccccn1. The highest BCUT2D eigenvalue weighted by atomic mass is 15.0. The van der Waals surface area contributed by atoms with Gasteiger partial charge in [0.05, 0.1) is 17.1 Å². The molecule has 110 valence electrons. The average molecular weight is 289 g/mol. The van der Waals surface area contributed by atoms with E-state index >= 15 is 0 Å². The molecule has 3 heteroatoms. The molecule has 0 aliphatic heterocycles. The molecule has 0 atom stereocenters. The Morgan fingerprint density at radius 2 is 1.77 bits per heavy atom. The molecule has 0 radical (unpaired) electrons. The minimum absolute atomic E-state index is 0.835. The molecular weight excluding hydrogens is 270 g/mol. The highest BCUT2D eigenvalue weighted by Gasteiger charge is 2.07. The highest BCUT2D eigenvalue weighted by molar-refractivity contribution is 5.66. The van der Waals surface area contributed by atoms with Crippen molar-refractivity contribution < 1.29 is 0 Å². The first kappa shape index (κ1) is 14.3. The summed E-state index contributed by atoms with van der Waals surface area (Å²) in [4.78, 5) is 9.10. The van der Waals surface area contributed by atoms with Crippen molar-refractivity contribution in [2.24, 2.45) is 0 Å². The van der Waals surface area contributed by atoms with Crippen molar-refractivity contribution in [2.75, 3.05) is 5.32 Å². The van der Waals surface area contributed by atoms with Gasteiger partial charge in [0, 0.05) is 11.8 Å². The molecule has 0 fully saturated rings. The van der Waals surface area contributed by atoms with Gasteiger partial charge in [-0.1, -0.05) is 42.8 Å². The van der Waals surface area contributed by atoms with Gasteiger partial charge in [-0.15, -0.1) is 0 Å². The second kappa shape index (κ2) is 6.39. The van der Waals surface area contributed by atoms with Crippen LogP contribution in [-0.2, 0) is 6.42 Å². The second-order valence-electron chi connectivity index (χ2n) is 5.25. The lowest BCUT2D eigenvalue weighted by atomic mass is 10.1. The van der Waals surface area contributed by atoms with Crippen LogP contribution in [-0.4, -0.2) is 9.97 Å². The molecule has 0 bridgehead atoms. The van der Waals surface area contributed by atoms with E-state index < -0.39 is 0 Å². The van der Waals surface area contributed by atoms with Crippen molar-refractivity contribution in [2.45, 2.75) is 20.3 Å². The zero-order valence-corrected chi connectivity index (χ0v) is 12.9. The Hall–Kier alpha value is -2.68. The third-order valence-corrected chi connectivity index (χ3v) is 3.58. The largest absolute Gasteiger partial charge is 0.339 e. The minimum Gasteiger partial charge on any atom is -0.339 e. The summed E-state index contributed by atoms with van der Waals surface area (Å²) in [5, 5.41) is 3.34. The number of pyridine rings is 2. The predicted octanol–water partition coefficient (Wildman–Crippen LogP) is 4.76. The number of aryl methyl sites for hydroxylation is 2. The van der Waals surface area contributed by atoms with E-state index in [0.717, 1.165) is 34.9 Å². The van der Waals surface area contributed by atoms with Crippen LogP contribution in [0.25, 0.3) is 11.3 Å². The molecule has 0 saturated carbocycles. The van der Waals surface area contributed by atoms with Gasteiger partial charge < -0.3 is 5.32 Å². The van der Waals surface area contributed by atoms with Crippen LogP contribution < -0.4 is 5.32 Å². The lowest BCUT2D eigenvalue weighted by molar-refractivity contribution is 1.04. The quantitative estimate of drug-likeness (QED) is 0.752. The maximum atomic E-state index is 4.80. The number of benzene rings is 1. The van der Waals surface area contributed by atoms with E-state index in [0.29, 0.717) is 0 Å². The zero-order chi connectivity index (χ0) is 15.4. The summed E-state index contributed by atoms with van der Waals surface area (Å²) in [6.07, 6.45) is 2.65. The van der Waals surface area contributed by atoms with Crippen molar-refractivity contribution >= 4 is 11.5 Å². The van der Waals surface area contributed by atoms with Gasteiger partial charge in [-0.2, -0.15) is 0 Å². The first-order valence-electron chi connectivity index (χ1n) is 7.51. The zero-order valence-electron chi connectivity index (χ0n) is 12.9. The van der Waals surface area contributed by atoms with Gasteiger partial charge in [-0.25, -0.2) is 4.98 Å². The fourth-order valence-electron chi connectivity index (χ4n) is 2.34. The third-order valence-electron chi connectivity index (χ3n) is 3.58. The fourth-order valence-corrected chi connectivity index (χ4v) is 2.34. The van der Waals surface area contributed by atoms with Crippen LogP contribution in [0.15, 0.2) is 60.8 Å². The molecule has 2 heterocycles. The van der Waals surface area contributed by atoms with E-state index in [4.69, 9.17) is 4.98 Å². The Bertz CT molecular complexity index is 749. The molecule has 0 aliphatic rings. The second-order valence-corrected chi connectivity index (χ2v) is 5.25. The first-order chi connectivity index (χ1) is 10.8. The average Bonchev–Trinajstić information content (AvgIpc) is 2.57. The van der Waals surface area contributed by atoms with E-state index in [1.807, 2.05) is 18.2 Å². The van der Waals surface area contributed by atoms with Crippen LogP contribution in [0, 0.1) is 6.92 Å². The highest BCUT2D eigenvalue weighted by Crippen LogP contribution is 2.24. The number of rotatable bonds is 4. The number of hydrogen-bond acceptors (Lipinski definition) is 3. The molecule has 0 saturated heterocycles. The summed E-state index contributed by atoms with van der Waals surface area (Å²) < 4.78 is 0. The standard InChI is InChI=1S/C19H19N3/c1-3-16-18(22-19-6-4-5-13-20-19)12-11-17(21-16)15-9-7-14(2)8-10-15/h4-13H,3H2,1-2H3,(H,20,22). The Kier molecular flexibility index (Phi) is 4.15. The summed E-state index contributed by atoms with van der Waals surface area (Å²) in [6.45, 7) is 4.21. The van der Waals surface area contributed by atoms with Crippen LogP contribution >= 0.6 is 0 Å². The van der Waals surface area contributed by atoms with Gasteiger partial charge in [-0.05, 0) is 37.6 Å². The number of anilines is 2. The summed E-state index contributed by atoms with van der Waals surface area (Å²) >= 11 is 0. The van der Waals surface area contributed by atoms with Crippen molar-refractivity contribution in [3.63, 3.8) is 0 Å². The van der Waals surface area contributed by atoms with Gasteiger partial charge in [0.1, 0.15) is 5.82 Å². The van der Waals surface area contributed by atoms with Gasteiger partial charge in [-0.3, -0.25) is 4.98 Å². The van der Waals surface area contributed by atoms with Crippen molar-refractivity contribution in [1.29, 1.82) is 0 Å². The Morgan fingerprint density at radius 1 is 0.955 bits per heavy atom. The number of aromatic nitrogens is 2. The molecule has 0 spiro atoms. The predicted molar refractivity (Wildman–Crippen MR) is 91.3 cm³/mol. The maximum Gasteiger partial charge on any atom is 0.130 e.